The van der Waals surface area contributed by atoms with Crippen molar-refractivity contribution < 1.29 is 9.32 Å². The summed E-state index contributed by atoms with van der Waals surface area (Å²) in [6.07, 6.45) is 1.70. The number of hydrogen-bond donors (Lipinski definition) is 1. The molecule has 2 aromatic rings. The van der Waals surface area contributed by atoms with Gasteiger partial charge in [-0.05, 0) is 38.4 Å². The molecule has 1 N–H and O–H groups in total. The van der Waals surface area contributed by atoms with Crippen LogP contribution in [0, 0.1) is 5.92 Å². The third-order valence-electron chi connectivity index (χ3n) is 5.23. The van der Waals surface area contributed by atoms with Crippen molar-refractivity contribution in [2.45, 2.75) is 58.5 Å². The summed E-state index contributed by atoms with van der Waals surface area (Å²) in [6, 6.07) is 10.1. The maximum Gasteiger partial charge on any atom is 0.243 e. The molecule has 0 unspecified atom stereocenters. The second-order valence-corrected chi connectivity index (χ2v) is 8.40. The standard InChI is InChI=1S/C21H30N4O2/c1-15(19-23-20(24-27-19)21(2,3)4)25-12-10-17(11-13-25)18(26)22-14-16-8-6-5-7-9-16/h5-9,15,17H,10-14H2,1-4H3,(H,22,26)/t15-/m1/s1. The molecule has 146 valence electrons. The Kier molecular flexibility index (Phi) is 5.95. The molecule has 3 rings (SSSR count). The van der Waals surface area contributed by atoms with E-state index in [1.54, 1.807) is 0 Å². The van der Waals surface area contributed by atoms with Crippen LogP contribution >= 0.6 is 0 Å². The van der Waals surface area contributed by atoms with Gasteiger partial charge in [0.25, 0.3) is 0 Å². The largest absolute Gasteiger partial charge is 0.352 e. The smallest absolute Gasteiger partial charge is 0.243 e. The SMILES string of the molecule is C[C@H](c1nc(C(C)(C)C)no1)N1CCC(C(=O)NCc2ccccc2)CC1. The van der Waals surface area contributed by atoms with E-state index in [2.05, 4.69) is 48.1 Å². The first-order chi connectivity index (χ1) is 12.8. The zero-order valence-corrected chi connectivity index (χ0v) is 16.7. The van der Waals surface area contributed by atoms with Crippen LogP contribution in [-0.4, -0.2) is 34.0 Å². The Morgan fingerprint density at radius 1 is 1.26 bits per heavy atom. The van der Waals surface area contributed by atoms with E-state index in [0.717, 1.165) is 37.3 Å². The Bertz CT molecular complexity index is 743. The zero-order chi connectivity index (χ0) is 19.4. The first-order valence-electron chi connectivity index (χ1n) is 9.74. The molecular formula is C21H30N4O2. The molecule has 1 aliphatic heterocycles. The van der Waals surface area contributed by atoms with Crippen molar-refractivity contribution in [1.82, 2.24) is 20.4 Å². The lowest BCUT2D eigenvalue weighted by molar-refractivity contribution is -0.126. The maximum atomic E-state index is 12.5. The van der Waals surface area contributed by atoms with Crippen LogP contribution in [0.1, 0.15) is 63.9 Å². The highest BCUT2D eigenvalue weighted by atomic mass is 16.5. The third kappa shape index (κ3) is 4.95. The van der Waals surface area contributed by atoms with Crippen LogP contribution in [0.2, 0.25) is 0 Å². The Hall–Kier alpha value is -2.21. The van der Waals surface area contributed by atoms with Gasteiger partial charge >= 0.3 is 0 Å². The van der Waals surface area contributed by atoms with Crippen LogP contribution in [0.15, 0.2) is 34.9 Å². The van der Waals surface area contributed by atoms with Crippen LogP contribution in [0.4, 0.5) is 0 Å². The minimum absolute atomic E-state index is 0.0712. The molecule has 1 aromatic carbocycles. The lowest BCUT2D eigenvalue weighted by atomic mass is 9.94. The Labute approximate surface area is 161 Å². The summed E-state index contributed by atoms with van der Waals surface area (Å²) in [5, 5.41) is 7.19. The van der Waals surface area contributed by atoms with E-state index < -0.39 is 0 Å². The monoisotopic (exact) mass is 370 g/mol. The van der Waals surface area contributed by atoms with E-state index in [-0.39, 0.29) is 23.3 Å². The van der Waals surface area contributed by atoms with Gasteiger partial charge < -0.3 is 9.84 Å². The van der Waals surface area contributed by atoms with E-state index in [9.17, 15) is 4.79 Å². The van der Waals surface area contributed by atoms with Gasteiger partial charge in [-0.1, -0.05) is 56.3 Å². The molecule has 27 heavy (non-hydrogen) atoms. The molecule has 1 amide bonds. The normalized spacial score (nSPS) is 17.6. The number of amides is 1. The van der Waals surface area contributed by atoms with Crippen LogP contribution in [0.5, 0.6) is 0 Å². The van der Waals surface area contributed by atoms with Crippen LogP contribution < -0.4 is 5.32 Å². The second kappa shape index (κ2) is 8.21. The quantitative estimate of drug-likeness (QED) is 0.873. The van der Waals surface area contributed by atoms with E-state index in [4.69, 9.17) is 4.52 Å². The Morgan fingerprint density at radius 2 is 1.93 bits per heavy atom. The number of nitrogens with zero attached hydrogens (tertiary/aromatic N) is 3. The highest BCUT2D eigenvalue weighted by Gasteiger charge is 2.30. The van der Waals surface area contributed by atoms with Gasteiger partial charge in [-0.2, -0.15) is 4.98 Å². The molecule has 0 saturated carbocycles. The number of carbonyl (C=O) groups excluding carboxylic acids is 1. The molecule has 1 fully saturated rings. The zero-order valence-electron chi connectivity index (χ0n) is 16.7. The number of nitrogens with one attached hydrogen (secondary N) is 1. The second-order valence-electron chi connectivity index (χ2n) is 8.40. The minimum Gasteiger partial charge on any atom is -0.352 e. The summed E-state index contributed by atoms with van der Waals surface area (Å²) in [6.45, 7) is 10.6. The van der Waals surface area contributed by atoms with Crippen LogP contribution in [-0.2, 0) is 16.8 Å². The van der Waals surface area contributed by atoms with Crippen molar-refractivity contribution in [3.05, 3.63) is 47.6 Å². The van der Waals surface area contributed by atoms with Crippen molar-refractivity contribution in [3.63, 3.8) is 0 Å². The fraction of sp³-hybridized carbons (Fsp3) is 0.571. The summed E-state index contributed by atoms with van der Waals surface area (Å²) < 4.78 is 5.49. The van der Waals surface area contributed by atoms with E-state index >= 15 is 0 Å². The molecule has 6 nitrogen and oxygen atoms in total. The van der Waals surface area contributed by atoms with Gasteiger partial charge in [0.05, 0.1) is 6.04 Å². The summed E-state index contributed by atoms with van der Waals surface area (Å²) in [5.74, 6) is 1.62. The van der Waals surface area contributed by atoms with Gasteiger partial charge in [-0.3, -0.25) is 9.69 Å². The first-order valence-corrected chi connectivity index (χ1v) is 9.74. The van der Waals surface area contributed by atoms with Gasteiger partial charge in [0.2, 0.25) is 11.8 Å². The number of aromatic nitrogens is 2. The van der Waals surface area contributed by atoms with Crippen LogP contribution in [0.3, 0.4) is 0 Å². The number of benzene rings is 1. The Balaban J connectivity index is 1.49. The van der Waals surface area contributed by atoms with E-state index in [1.807, 2.05) is 30.3 Å². The third-order valence-corrected chi connectivity index (χ3v) is 5.23. The van der Waals surface area contributed by atoms with Crippen molar-refractivity contribution in [2.75, 3.05) is 13.1 Å². The van der Waals surface area contributed by atoms with Gasteiger partial charge in [0, 0.05) is 17.9 Å². The van der Waals surface area contributed by atoms with Crippen molar-refractivity contribution >= 4 is 5.91 Å². The summed E-state index contributed by atoms with van der Waals surface area (Å²) >= 11 is 0. The fourth-order valence-corrected chi connectivity index (χ4v) is 3.34. The molecule has 1 aromatic heterocycles. The van der Waals surface area contributed by atoms with Crippen molar-refractivity contribution in [3.8, 4) is 0 Å². The molecule has 1 aliphatic rings. The maximum absolute atomic E-state index is 12.5. The average Bonchev–Trinajstić information content (AvgIpc) is 3.17. The van der Waals surface area contributed by atoms with Crippen molar-refractivity contribution in [1.29, 1.82) is 0 Å². The Morgan fingerprint density at radius 3 is 2.52 bits per heavy atom. The molecule has 0 spiro atoms. The minimum atomic E-state index is -0.120. The van der Waals surface area contributed by atoms with Gasteiger partial charge in [0.1, 0.15) is 0 Å². The van der Waals surface area contributed by atoms with Gasteiger partial charge in [-0.15, -0.1) is 0 Å². The summed E-state index contributed by atoms with van der Waals surface area (Å²) in [7, 11) is 0. The predicted octanol–water partition coefficient (Wildman–Crippen LogP) is 3.46. The van der Waals surface area contributed by atoms with Gasteiger partial charge in [-0.25, -0.2) is 0 Å². The topological polar surface area (TPSA) is 71.3 Å². The number of likely N-dealkylation sites (tertiary alicyclic amines) is 1. The molecule has 0 radical (unpaired) electrons. The number of rotatable bonds is 5. The molecule has 1 atom stereocenters. The number of carbonyl (C=O) groups is 1. The van der Waals surface area contributed by atoms with Crippen molar-refractivity contribution in [2.24, 2.45) is 5.92 Å². The number of piperidine rings is 1. The molecule has 0 bridgehead atoms. The summed E-state index contributed by atoms with van der Waals surface area (Å²) in [4.78, 5) is 19.4. The molecule has 1 saturated heterocycles. The lowest BCUT2D eigenvalue weighted by Gasteiger charge is -2.33. The molecular weight excluding hydrogens is 340 g/mol. The van der Waals surface area contributed by atoms with Crippen LogP contribution in [0.25, 0.3) is 0 Å². The lowest BCUT2D eigenvalue weighted by Crippen LogP contribution is -2.41. The molecule has 2 heterocycles. The first kappa shape index (κ1) is 19.5. The number of hydrogen-bond acceptors (Lipinski definition) is 5. The summed E-state index contributed by atoms with van der Waals surface area (Å²) in [5.41, 5.74) is 1.01. The highest BCUT2D eigenvalue weighted by molar-refractivity contribution is 5.78. The molecule has 0 aliphatic carbocycles. The fourth-order valence-electron chi connectivity index (χ4n) is 3.34. The predicted molar refractivity (Wildman–Crippen MR) is 104 cm³/mol. The average molecular weight is 370 g/mol. The molecule has 6 heteroatoms. The highest BCUT2D eigenvalue weighted by Crippen LogP contribution is 2.27. The van der Waals surface area contributed by atoms with E-state index in [0.29, 0.717) is 12.4 Å². The van der Waals surface area contributed by atoms with Gasteiger partial charge in [0.15, 0.2) is 5.82 Å². The van der Waals surface area contributed by atoms with E-state index in [1.165, 1.54) is 0 Å².